The van der Waals surface area contributed by atoms with Crippen LogP contribution in [-0.2, 0) is 0 Å². The summed E-state index contributed by atoms with van der Waals surface area (Å²) < 4.78 is 5.69. The lowest BCUT2D eigenvalue weighted by Crippen LogP contribution is -2.37. The van der Waals surface area contributed by atoms with Crippen LogP contribution < -0.4 is 15.8 Å². The zero-order valence-electron chi connectivity index (χ0n) is 13.0. The van der Waals surface area contributed by atoms with Crippen molar-refractivity contribution in [3.63, 3.8) is 0 Å². The molecule has 1 aromatic carbocycles. The summed E-state index contributed by atoms with van der Waals surface area (Å²) in [5.74, 6) is 4.20. The molecule has 2 saturated carbocycles. The van der Waals surface area contributed by atoms with Crippen LogP contribution >= 0.6 is 0 Å². The van der Waals surface area contributed by atoms with Gasteiger partial charge in [0, 0.05) is 18.5 Å². The molecule has 1 aromatic rings. The molecule has 1 aliphatic heterocycles. The van der Waals surface area contributed by atoms with Crippen LogP contribution in [0, 0.1) is 17.8 Å². The molecule has 0 radical (unpaired) electrons. The highest BCUT2D eigenvalue weighted by Gasteiger charge is 2.39. The van der Waals surface area contributed by atoms with Gasteiger partial charge in [0.2, 0.25) is 0 Å². The lowest BCUT2D eigenvalue weighted by molar-refractivity contribution is 0.262. The van der Waals surface area contributed by atoms with Crippen LogP contribution in [0.4, 0.5) is 0 Å². The van der Waals surface area contributed by atoms with Gasteiger partial charge in [-0.15, -0.1) is 0 Å². The molecule has 22 heavy (non-hydrogen) atoms. The van der Waals surface area contributed by atoms with E-state index in [9.17, 15) is 0 Å². The number of nitrogens with two attached hydrogens (primary N) is 1. The molecule has 3 aliphatic rings. The molecule has 0 spiro atoms. The Morgan fingerprint density at radius 3 is 2.95 bits per heavy atom. The number of ether oxygens (including phenoxy) is 1. The molecular weight excluding hydrogens is 274 g/mol. The van der Waals surface area contributed by atoms with E-state index >= 15 is 0 Å². The second-order valence-corrected chi connectivity index (χ2v) is 7.03. The number of hydrogen-bond acceptors (Lipinski definition) is 2. The standard InChI is InChI=1S/C18H25N3O/c19-18(20-11-14-10-12-5-6-13(14)9-12)21-16-7-8-22-17-4-2-1-3-15(16)17/h1-4,12-14,16H,5-11H2,(H3,19,20,21). The van der Waals surface area contributed by atoms with Crippen molar-refractivity contribution < 1.29 is 4.74 Å². The van der Waals surface area contributed by atoms with E-state index in [4.69, 9.17) is 10.5 Å². The number of para-hydroxylation sites is 1. The summed E-state index contributed by atoms with van der Waals surface area (Å²) in [6.07, 6.45) is 6.58. The van der Waals surface area contributed by atoms with Gasteiger partial charge < -0.3 is 15.8 Å². The van der Waals surface area contributed by atoms with E-state index in [-0.39, 0.29) is 6.04 Å². The number of rotatable bonds is 3. The van der Waals surface area contributed by atoms with E-state index in [1.54, 1.807) is 0 Å². The lowest BCUT2D eigenvalue weighted by Gasteiger charge is -2.27. The van der Waals surface area contributed by atoms with Gasteiger partial charge in [0.25, 0.3) is 0 Å². The number of benzene rings is 1. The molecule has 0 saturated heterocycles. The number of fused-ring (bicyclic) bond motifs is 3. The molecule has 3 N–H and O–H groups in total. The zero-order chi connectivity index (χ0) is 14.9. The average Bonchev–Trinajstić information content (AvgIpc) is 3.16. The first kappa shape index (κ1) is 13.9. The SMILES string of the molecule is NC(=NCC1CC2CCC1C2)NC1CCOc2ccccc21. The van der Waals surface area contributed by atoms with Gasteiger partial charge >= 0.3 is 0 Å². The van der Waals surface area contributed by atoms with Crippen LogP contribution in [0.2, 0.25) is 0 Å². The maximum absolute atomic E-state index is 6.14. The quantitative estimate of drug-likeness (QED) is 0.666. The maximum Gasteiger partial charge on any atom is 0.189 e. The van der Waals surface area contributed by atoms with E-state index in [1.807, 2.05) is 18.2 Å². The van der Waals surface area contributed by atoms with Crippen LogP contribution in [0.3, 0.4) is 0 Å². The van der Waals surface area contributed by atoms with E-state index in [0.717, 1.165) is 43.1 Å². The first-order valence-electron chi connectivity index (χ1n) is 8.58. The first-order valence-corrected chi connectivity index (χ1v) is 8.58. The van der Waals surface area contributed by atoms with Gasteiger partial charge in [0.15, 0.2) is 5.96 Å². The summed E-state index contributed by atoms with van der Waals surface area (Å²) in [4.78, 5) is 4.63. The molecule has 2 bridgehead atoms. The van der Waals surface area contributed by atoms with E-state index < -0.39 is 0 Å². The molecular formula is C18H25N3O. The molecule has 4 atom stereocenters. The Morgan fingerprint density at radius 1 is 1.23 bits per heavy atom. The van der Waals surface area contributed by atoms with Gasteiger partial charge in [0.05, 0.1) is 12.6 Å². The molecule has 0 amide bonds. The van der Waals surface area contributed by atoms with Crippen molar-refractivity contribution in [1.29, 1.82) is 0 Å². The minimum Gasteiger partial charge on any atom is -0.493 e. The van der Waals surface area contributed by atoms with Crippen LogP contribution in [0.5, 0.6) is 5.75 Å². The van der Waals surface area contributed by atoms with Gasteiger partial charge in [-0.05, 0) is 43.1 Å². The van der Waals surface area contributed by atoms with Crippen LogP contribution in [0.25, 0.3) is 0 Å². The van der Waals surface area contributed by atoms with Crippen molar-refractivity contribution >= 4 is 5.96 Å². The fraction of sp³-hybridized carbons (Fsp3) is 0.611. The highest BCUT2D eigenvalue weighted by atomic mass is 16.5. The first-order chi connectivity index (χ1) is 10.8. The summed E-state index contributed by atoms with van der Waals surface area (Å²) in [5.41, 5.74) is 7.32. The Morgan fingerprint density at radius 2 is 2.14 bits per heavy atom. The van der Waals surface area contributed by atoms with Crippen LogP contribution in [0.1, 0.15) is 43.7 Å². The minimum absolute atomic E-state index is 0.216. The molecule has 0 aromatic heterocycles. The smallest absolute Gasteiger partial charge is 0.189 e. The lowest BCUT2D eigenvalue weighted by atomic mass is 9.89. The third kappa shape index (κ3) is 2.67. The van der Waals surface area contributed by atoms with Crippen molar-refractivity contribution in [3.05, 3.63) is 29.8 Å². The summed E-state index contributed by atoms with van der Waals surface area (Å²) >= 11 is 0. The topological polar surface area (TPSA) is 59.6 Å². The van der Waals surface area contributed by atoms with E-state index in [1.165, 1.54) is 31.2 Å². The molecule has 118 valence electrons. The Bertz CT molecular complexity index is 571. The van der Waals surface area contributed by atoms with Gasteiger partial charge in [-0.1, -0.05) is 24.6 Å². The maximum atomic E-state index is 6.14. The van der Waals surface area contributed by atoms with E-state index in [2.05, 4.69) is 16.4 Å². The van der Waals surface area contributed by atoms with Crippen molar-refractivity contribution in [1.82, 2.24) is 5.32 Å². The molecule has 4 rings (SSSR count). The number of hydrogen-bond donors (Lipinski definition) is 2. The second kappa shape index (κ2) is 5.82. The number of nitrogens with one attached hydrogen (secondary N) is 1. The normalized spacial score (nSPS) is 33.4. The third-order valence-corrected chi connectivity index (χ3v) is 5.66. The van der Waals surface area contributed by atoms with Crippen molar-refractivity contribution in [2.24, 2.45) is 28.5 Å². The van der Waals surface area contributed by atoms with Gasteiger partial charge in [-0.2, -0.15) is 0 Å². The van der Waals surface area contributed by atoms with Gasteiger partial charge in [0.1, 0.15) is 5.75 Å². The number of aliphatic imine (C=N–C) groups is 1. The average molecular weight is 299 g/mol. The second-order valence-electron chi connectivity index (χ2n) is 7.03. The van der Waals surface area contributed by atoms with Gasteiger partial charge in [-0.25, -0.2) is 0 Å². The van der Waals surface area contributed by atoms with Crippen molar-refractivity contribution in [3.8, 4) is 5.75 Å². The summed E-state index contributed by atoms with van der Waals surface area (Å²) in [6.45, 7) is 1.62. The summed E-state index contributed by atoms with van der Waals surface area (Å²) in [6, 6.07) is 8.40. The van der Waals surface area contributed by atoms with Gasteiger partial charge in [-0.3, -0.25) is 4.99 Å². The van der Waals surface area contributed by atoms with Crippen LogP contribution in [0.15, 0.2) is 29.3 Å². The van der Waals surface area contributed by atoms with E-state index in [0.29, 0.717) is 5.96 Å². The molecule has 4 nitrogen and oxygen atoms in total. The summed E-state index contributed by atoms with van der Waals surface area (Å²) in [5, 5.41) is 3.39. The third-order valence-electron chi connectivity index (χ3n) is 5.66. The number of guanidine groups is 1. The number of nitrogens with zero attached hydrogens (tertiary/aromatic N) is 1. The Labute approximate surface area is 132 Å². The zero-order valence-corrected chi connectivity index (χ0v) is 13.0. The fourth-order valence-corrected chi connectivity index (χ4v) is 4.53. The molecule has 4 heteroatoms. The summed E-state index contributed by atoms with van der Waals surface area (Å²) in [7, 11) is 0. The fourth-order valence-electron chi connectivity index (χ4n) is 4.53. The molecule has 4 unspecified atom stereocenters. The molecule has 2 aliphatic carbocycles. The Hall–Kier alpha value is -1.71. The minimum atomic E-state index is 0.216. The predicted molar refractivity (Wildman–Crippen MR) is 87.9 cm³/mol. The largest absolute Gasteiger partial charge is 0.493 e. The van der Waals surface area contributed by atoms with Crippen LogP contribution in [-0.4, -0.2) is 19.1 Å². The Kier molecular flexibility index (Phi) is 3.68. The highest BCUT2D eigenvalue weighted by molar-refractivity contribution is 5.78. The monoisotopic (exact) mass is 299 g/mol. The predicted octanol–water partition coefficient (Wildman–Crippen LogP) is 2.85. The van der Waals surface area contributed by atoms with Crippen molar-refractivity contribution in [2.75, 3.05) is 13.2 Å². The molecule has 2 fully saturated rings. The van der Waals surface area contributed by atoms with Crippen molar-refractivity contribution in [2.45, 2.75) is 38.1 Å². The Balaban J connectivity index is 1.38. The highest BCUT2D eigenvalue weighted by Crippen LogP contribution is 2.48. The molecule has 1 heterocycles.